The van der Waals surface area contributed by atoms with E-state index < -0.39 is 0 Å². The standard InChI is InChI=1S/C40H24BrNO2/c41-35-12-3-1-9-29(35)26-8-5-7-24(21-26)25-15-18-30-27(22-25)16-19-34-33-11-6-13-36(40(33)44-39(30)34)42-28-17-20-32-31-10-2-4-14-37(31)43-38(32)23-28/h1-23,42H. The number of hydrogen-bond donors (Lipinski definition) is 1. The van der Waals surface area contributed by atoms with Gasteiger partial charge in [-0.1, -0.05) is 94.8 Å². The van der Waals surface area contributed by atoms with Crippen LogP contribution < -0.4 is 5.32 Å². The molecule has 2 aromatic heterocycles. The Labute approximate surface area is 261 Å². The largest absolute Gasteiger partial charge is 0.456 e. The van der Waals surface area contributed by atoms with Crippen molar-refractivity contribution in [3.05, 3.63) is 144 Å². The summed E-state index contributed by atoms with van der Waals surface area (Å²) in [6, 6.07) is 48.7. The maximum absolute atomic E-state index is 6.65. The molecule has 0 aliphatic carbocycles. The lowest BCUT2D eigenvalue weighted by Crippen LogP contribution is -1.90. The van der Waals surface area contributed by atoms with Gasteiger partial charge in [-0.15, -0.1) is 0 Å². The average molecular weight is 631 g/mol. The molecule has 1 N–H and O–H groups in total. The van der Waals surface area contributed by atoms with E-state index in [9.17, 15) is 0 Å². The summed E-state index contributed by atoms with van der Waals surface area (Å²) in [5, 5.41) is 10.3. The van der Waals surface area contributed by atoms with Crippen molar-refractivity contribution in [2.24, 2.45) is 0 Å². The quantitative estimate of drug-likeness (QED) is 0.210. The number of benzene rings is 7. The highest BCUT2D eigenvalue weighted by Gasteiger charge is 2.15. The summed E-state index contributed by atoms with van der Waals surface area (Å²) in [5.74, 6) is 0. The zero-order chi connectivity index (χ0) is 29.2. The maximum Gasteiger partial charge on any atom is 0.158 e. The molecule has 0 atom stereocenters. The van der Waals surface area contributed by atoms with Gasteiger partial charge in [0.05, 0.1) is 5.69 Å². The van der Waals surface area contributed by atoms with Crippen molar-refractivity contribution < 1.29 is 8.83 Å². The van der Waals surface area contributed by atoms with Crippen molar-refractivity contribution in [2.45, 2.75) is 0 Å². The Kier molecular flexibility index (Phi) is 5.65. The van der Waals surface area contributed by atoms with Gasteiger partial charge in [0.15, 0.2) is 5.58 Å². The van der Waals surface area contributed by atoms with E-state index in [0.29, 0.717) is 0 Å². The third-order valence-corrected chi connectivity index (χ3v) is 9.21. The molecule has 7 aromatic carbocycles. The second kappa shape index (κ2) is 9.87. The predicted octanol–water partition coefficient (Wildman–Crippen LogP) is 12.5. The second-order valence-corrected chi connectivity index (χ2v) is 12.0. The minimum absolute atomic E-state index is 0.838. The summed E-state index contributed by atoms with van der Waals surface area (Å²) in [4.78, 5) is 0. The molecule has 9 rings (SSSR count). The fraction of sp³-hybridized carbons (Fsp3) is 0. The van der Waals surface area contributed by atoms with Crippen LogP contribution in [0.2, 0.25) is 0 Å². The fourth-order valence-corrected chi connectivity index (χ4v) is 6.90. The number of para-hydroxylation sites is 2. The molecular formula is C40H24BrNO2. The van der Waals surface area contributed by atoms with E-state index in [1.807, 2.05) is 24.3 Å². The zero-order valence-electron chi connectivity index (χ0n) is 23.5. The number of halogens is 1. The summed E-state index contributed by atoms with van der Waals surface area (Å²) < 4.78 is 13.9. The van der Waals surface area contributed by atoms with Gasteiger partial charge >= 0.3 is 0 Å². The summed E-state index contributed by atoms with van der Waals surface area (Å²) in [6.07, 6.45) is 0. The molecule has 0 saturated heterocycles. The van der Waals surface area contributed by atoms with Gasteiger partial charge < -0.3 is 14.2 Å². The van der Waals surface area contributed by atoms with Gasteiger partial charge in [0.2, 0.25) is 0 Å². The Morgan fingerprint density at radius 1 is 0.455 bits per heavy atom. The second-order valence-electron chi connectivity index (χ2n) is 11.2. The van der Waals surface area contributed by atoms with Crippen LogP contribution in [0.4, 0.5) is 11.4 Å². The molecule has 9 aromatic rings. The number of nitrogens with one attached hydrogen (secondary N) is 1. The van der Waals surface area contributed by atoms with E-state index in [4.69, 9.17) is 8.83 Å². The topological polar surface area (TPSA) is 38.3 Å². The molecule has 0 aliphatic rings. The highest BCUT2D eigenvalue weighted by Crippen LogP contribution is 2.40. The Morgan fingerprint density at radius 2 is 1.18 bits per heavy atom. The molecule has 0 unspecified atom stereocenters. The Morgan fingerprint density at radius 3 is 2.14 bits per heavy atom. The van der Waals surface area contributed by atoms with Crippen LogP contribution in [0.15, 0.2) is 153 Å². The van der Waals surface area contributed by atoms with Crippen LogP contribution in [0, 0.1) is 0 Å². The summed E-state index contributed by atoms with van der Waals surface area (Å²) in [6.45, 7) is 0. The third-order valence-electron chi connectivity index (χ3n) is 8.52. The van der Waals surface area contributed by atoms with Crippen LogP contribution in [0.25, 0.3) is 76.9 Å². The van der Waals surface area contributed by atoms with E-state index in [-0.39, 0.29) is 0 Å². The third kappa shape index (κ3) is 4.03. The molecule has 0 radical (unpaired) electrons. The van der Waals surface area contributed by atoms with Crippen molar-refractivity contribution in [1.29, 1.82) is 0 Å². The highest BCUT2D eigenvalue weighted by atomic mass is 79.9. The van der Waals surface area contributed by atoms with Gasteiger partial charge in [0.1, 0.15) is 16.7 Å². The lowest BCUT2D eigenvalue weighted by molar-refractivity contribution is 0.669. The lowest BCUT2D eigenvalue weighted by Gasteiger charge is -2.09. The van der Waals surface area contributed by atoms with Crippen LogP contribution in [-0.2, 0) is 0 Å². The SMILES string of the molecule is Brc1ccccc1-c1cccc(-c2ccc3c(ccc4c5cccc(Nc6ccc7c(c6)oc6ccccc67)c5oc34)c2)c1. The molecule has 0 fully saturated rings. The van der Waals surface area contributed by atoms with Crippen molar-refractivity contribution in [3.63, 3.8) is 0 Å². The first kappa shape index (κ1) is 25.2. The van der Waals surface area contributed by atoms with Crippen molar-refractivity contribution >= 4 is 82.0 Å². The smallest absolute Gasteiger partial charge is 0.158 e. The number of anilines is 2. The van der Waals surface area contributed by atoms with Crippen LogP contribution >= 0.6 is 15.9 Å². The van der Waals surface area contributed by atoms with Gasteiger partial charge in [-0.25, -0.2) is 0 Å². The number of fused-ring (bicyclic) bond motifs is 8. The first-order valence-corrected chi connectivity index (χ1v) is 15.4. The summed E-state index contributed by atoms with van der Waals surface area (Å²) in [5.41, 5.74) is 10.1. The Bertz CT molecular complexity index is 2560. The number of rotatable bonds is 4. The minimum Gasteiger partial charge on any atom is -0.456 e. The fourth-order valence-electron chi connectivity index (χ4n) is 6.38. The summed E-state index contributed by atoms with van der Waals surface area (Å²) in [7, 11) is 0. The highest BCUT2D eigenvalue weighted by molar-refractivity contribution is 9.10. The summed E-state index contributed by atoms with van der Waals surface area (Å²) >= 11 is 3.70. The number of furan rings is 2. The molecular weight excluding hydrogens is 606 g/mol. The van der Waals surface area contributed by atoms with Gasteiger partial charge in [-0.2, -0.15) is 0 Å². The van der Waals surface area contributed by atoms with Gasteiger partial charge in [-0.05, 0) is 82.2 Å². The predicted molar refractivity (Wildman–Crippen MR) is 187 cm³/mol. The molecule has 4 heteroatoms. The monoisotopic (exact) mass is 629 g/mol. The molecule has 0 amide bonds. The Hall–Kier alpha value is -5.32. The first-order valence-electron chi connectivity index (χ1n) is 14.6. The number of hydrogen-bond acceptors (Lipinski definition) is 3. The zero-order valence-corrected chi connectivity index (χ0v) is 25.1. The molecule has 2 heterocycles. The maximum atomic E-state index is 6.65. The van der Waals surface area contributed by atoms with Crippen molar-refractivity contribution in [2.75, 3.05) is 5.32 Å². The van der Waals surface area contributed by atoms with Gasteiger partial charge in [0.25, 0.3) is 0 Å². The van der Waals surface area contributed by atoms with Crippen LogP contribution in [-0.4, -0.2) is 0 Å². The lowest BCUT2D eigenvalue weighted by atomic mass is 9.96. The minimum atomic E-state index is 0.838. The molecule has 0 saturated carbocycles. The average Bonchev–Trinajstić information content (AvgIpc) is 3.64. The van der Waals surface area contributed by atoms with E-state index >= 15 is 0 Å². The molecule has 0 aliphatic heterocycles. The van der Waals surface area contributed by atoms with Gasteiger partial charge in [-0.3, -0.25) is 0 Å². The Balaban J connectivity index is 1.11. The molecule has 44 heavy (non-hydrogen) atoms. The molecule has 3 nitrogen and oxygen atoms in total. The van der Waals surface area contributed by atoms with E-state index in [1.54, 1.807) is 0 Å². The molecule has 0 bridgehead atoms. The van der Waals surface area contributed by atoms with E-state index in [0.717, 1.165) is 70.5 Å². The van der Waals surface area contributed by atoms with Crippen molar-refractivity contribution in [3.8, 4) is 22.3 Å². The van der Waals surface area contributed by atoms with E-state index in [2.05, 4.69) is 137 Å². The van der Waals surface area contributed by atoms with Crippen molar-refractivity contribution in [1.82, 2.24) is 0 Å². The van der Waals surface area contributed by atoms with Crippen LogP contribution in [0.3, 0.4) is 0 Å². The molecule has 0 spiro atoms. The normalized spacial score (nSPS) is 11.8. The van der Waals surface area contributed by atoms with E-state index in [1.165, 1.54) is 22.3 Å². The molecule has 208 valence electrons. The first-order chi connectivity index (χ1) is 21.7. The van der Waals surface area contributed by atoms with Crippen LogP contribution in [0.1, 0.15) is 0 Å². The van der Waals surface area contributed by atoms with Crippen LogP contribution in [0.5, 0.6) is 0 Å². The van der Waals surface area contributed by atoms with Gasteiger partial charge in [0, 0.05) is 43.2 Å².